The van der Waals surface area contributed by atoms with E-state index in [2.05, 4.69) is 9.88 Å². The summed E-state index contributed by atoms with van der Waals surface area (Å²) in [5.74, 6) is 1.23. The fourth-order valence-electron chi connectivity index (χ4n) is 3.68. The van der Waals surface area contributed by atoms with E-state index in [0.29, 0.717) is 35.8 Å². The van der Waals surface area contributed by atoms with Gasteiger partial charge in [0.25, 0.3) is 5.91 Å². The summed E-state index contributed by atoms with van der Waals surface area (Å²) < 4.78 is 10.7. The smallest absolute Gasteiger partial charge is 0.270 e. The standard InChI is InChI=1S/C22H23N3O4/c1-28-20-12-16-11-19(23-18(16)13-21(20)29-2)22(27)25-9-7-24(8-10-25)17-5-3-15(14-26)4-6-17/h3-6,11-14,23H,7-10H2,1-2H3. The molecule has 29 heavy (non-hydrogen) atoms. The first-order chi connectivity index (χ1) is 14.1. The van der Waals surface area contributed by atoms with Crippen LogP contribution < -0.4 is 14.4 Å². The van der Waals surface area contributed by atoms with Crippen molar-refractivity contribution in [2.24, 2.45) is 0 Å². The second-order valence-electron chi connectivity index (χ2n) is 6.97. The first-order valence-corrected chi connectivity index (χ1v) is 9.47. The summed E-state index contributed by atoms with van der Waals surface area (Å²) in [5.41, 5.74) is 3.11. The van der Waals surface area contributed by atoms with Crippen molar-refractivity contribution in [1.82, 2.24) is 9.88 Å². The molecule has 2 aromatic carbocycles. The first-order valence-electron chi connectivity index (χ1n) is 9.47. The molecule has 1 aliphatic rings. The number of carbonyl (C=O) groups excluding carboxylic acids is 2. The zero-order valence-corrected chi connectivity index (χ0v) is 16.5. The van der Waals surface area contributed by atoms with Crippen molar-refractivity contribution in [3.8, 4) is 11.5 Å². The van der Waals surface area contributed by atoms with Gasteiger partial charge in [-0.1, -0.05) is 0 Å². The number of amides is 1. The van der Waals surface area contributed by atoms with Crippen LogP contribution >= 0.6 is 0 Å². The second-order valence-corrected chi connectivity index (χ2v) is 6.97. The number of aldehydes is 1. The van der Waals surface area contributed by atoms with Gasteiger partial charge in [-0.15, -0.1) is 0 Å². The largest absolute Gasteiger partial charge is 0.493 e. The van der Waals surface area contributed by atoms with Crippen LogP contribution in [0.4, 0.5) is 5.69 Å². The summed E-state index contributed by atoms with van der Waals surface area (Å²) in [4.78, 5) is 31.1. The van der Waals surface area contributed by atoms with E-state index >= 15 is 0 Å². The summed E-state index contributed by atoms with van der Waals surface area (Å²) >= 11 is 0. The van der Waals surface area contributed by atoms with Crippen LogP contribution in [0, 0.1) is 0 Å². The third-order valence-corrected chi connectivity index (χ3v) is 5.32. The highest BCUT2D eigenvalue weighted by molar-refractivity contribution is 5.99. The lowest BCUT2D eigenvalue weighted by Crippen LogP contribution is -2.48. The molecule has 0 aliphatic carbocycles. The maximum atomic E-state index is 13.0. The molecule has 1 N–H and O–H groups in total. The Bertz CT molecular complexity index is 993. The number of hydrogen-bond donors (Lipinski definition) is 1. The van der Waals surface area contributed by atoms with Crippen molar-refractivity contribution >= 4 is 28.8 Å². The molecule has 4 rings (SSSR count). The van der Waals surface area contributed by atoms with Crippen LogP contribution in [0.1, 0.15) is 20.8 Å². The lowest BCUT2D eigenvalue weighted by Gasteiger charge is -2.36. The molecule has 2 heterocycles. The summed E-state index contributed by atoms with van der Waals surface area (Å²) in [6.45, 7) is 2.76. The molecule has 1 amide bonds. The van der Waals surface area contributed by atoms with Crippen LogP contribution in [-0.4, -0.2) is 62.5 Å². The highest BCUT2D eigenvalue weighted by Crippen LogP contribution is 2.32. The molecule has 7 nitrogen and oxygen atoms in total. The molecule has 0 saturated carbocycles. The molecule has 0 spiro atoms. The zero-order chi connectivity index (χ0) is 20.4. The maximum Gasteiger partial charge on any atom is 0.270 e. The molecule has 0 unspecified atom stereocenters. The van der Waals surface area contributed by atoms with Crippen molar-refractivity contribution in [2.75, 3.05) is 45.3 Å². The van der Waals surface area contributed by atoms with Crippen LogP contribution in [0.15, 0.2) is 42.5 Å². The molecule has 7 heteroatoms. The quantitative estimate of drug-likeness (QED) is 0.675. The number of nitrogens with zero attached hydrogens (tertiary/aromatic N) is 2. The third-order valence-electron chi connectivity index (χ3n) is 5.32. The molecule has 0 radical (unpaired) electrons. The Labute approximate surface area is 168 Å². The number of H-pyrrole nitrogens is 1. The minimum Gasteiger partial charge on any atom is -0.493 e. The van der Waals surface area contributed by atoms with Crippen LogP contribution in [0.25, 0.3) is 10.9 Å². The highest BCUT2D eigenvalue weighted by Gasteiger charge is 2.24. The monoisotopic (exact) mass is 393 g/mol. The van der Waals surface area contributed by atoms with Gasteiger partial charge in [-0.05, 0) is 36.4 Å². The van der Waals surface area contributed by atoms with Gasteiger partial charge in [-0.2, -0.15) is 0 Å². The molecular weight excluding hydrogens is 370 g/mol. The van der Waals surface area contributed by atoms with E-state index in [1.165, 1.54) is 0 Å². The average Bonchev–Trinajstić information content (AvgIpc) is 3.20. The Kier molecular flexibility index (Phi) is 5.12. The Morgan fingerprint density at radius 2 is 1.62 bits per heavy atom. The Morgan fingerprint density at radius 1 is 0.966 bits per heavy atom. The number of ether oxygens (including phenoxy) is 2. The SMILES string of the molecule is COc1cc2cc(C(=O)N3CCN(c4ccc(C=O)cc4)CC3)[nH]c2cc1OC. The number of fused-ring (bicyclic) bond motifs is 1. The normalized spacial score (nSPS) is 14.1. The topological polar surface area (TPSA) is 74.9 Å². The molecule has 1 aromatic heterocycles. The number of piperazine rings is 1. The van der Waals surface area contributed by atoms with Crippen LogP contribution in [-0.2, 0) is 0 Å². The zero-order valence-electron chi connectivity index (χ0n) is 16.5. The van der Waals surface area contributed by atoms with Crippen LogP contribution in [0.2, 0.25) is 0 Å². The number of anilines is 1. The Morgan fingerprint density at radius 3 is 2.24 bits per heavy atom. The van der Waals surface area contributed by atoms with Gasteiger partial charge in [0.05, 0.1) is 14.2 Å². The highest BCUT2D eigenvalue weighted by atomic mass is 16.5. The van der Waals surface area contributed by atoms with Crippen molar-refractivity contribution in [1.29, 1.82) is 0 Å². The van der Waals surface area contributed by atoms with E-state index < -0.39 is 0 Å². The van der Waals surface area contributed by atoms with Gasteiger partial charge < -0.3 is 24.3 Å². The number of methoxy groups -OCH3 is 2. The van der Waals surface area contributed by atoms with Crippen molar-refractivity contribution < 1.29 is 19.1 Å². The van der Waals surface area contributed by atoms with E-state index in [-0.39, 0.29) is 5.91 Å². The van der Waals surface area contributed by atoms with Gasteiger partial charge in [0.2, 0.25) is 0 Å². The number of aromatic nitrogens is 1. The maximum absolute atomic E-state index is 13.0. The molecule has 3 aromatic rings. The Balaban J connectivity index is 1.47. The van der Waals surface area contributed by atoms with Gasteiger partial charge in [0, 0.05) is 54.4 Å². The summed E-state index contributed by atoms with van der Waals surface area (Å²) in [5, 5.41) is 0.903. The molecule has 150 valence electrons. The Hall–Kier alpha value is -3.48. The van der Waals surface area contributed by atoms with E-state index in [9.17, 15) is 9.59 Å². The summed E-state index contributed by atoms with van der Waals surface area (Å²) in [6, 6.07) is 13.1. The number of aromatic amines is 1. The minimum atomic E-state index is -0.0184. The van der Waals surface area contributed by atoms with Gasteiger partial charge in [-0.3, -0.25) is 9.59 Å². The van der Waals surface area contributed by atoms with E-state index in [4.69, 9.17) is 9.47 Å². The van der Waals surface area contributed by atoms with Crippen molar-refractivity contribution in [3.63, 3.8) is 0 Å². The number of carbonyl (C=O) groups is 2. The van der Waals surface area contributed by atoms with Gasteiger partial charge in [0.1, 0.15) is 12.0 Å². The minimum absolute atomic E-state index is 0.0184. The third kappa shape index (κ3) is 3.63. The number of hydrogen-bond acceptors (Lipinski definition) is 5. The predicted molar refractivity (Wildman–Crippen MR) is 111 cm³/mol. The van der Waals surface area contributed by atoms with Gasteiger partial charge in [-0.25, -0.2) is 0 Å². The lowest BCUT2D eigenvalue weighted by molar-refractivity contribution is 0.0741. The number of nitrogens with one attached hydrogen (secondary N) is 1. The van der Waals surface area contributed by atoms with Crippen LogP contribution in [0.5, 0.6) is 11.5 Å². The fourth-order valence-corrected chi connectivity index (χ4v) is 3.68. The first kappa shape index (κ1) is 18.9. The predicted octanol–water partition coefficient (Wildman–Crippen LogP) is 2.96. The average molecular weight is 393 g/mol. The summed E-state index contributed by atoms with van der Waals surface area (Å²) in [6.07, 6.45) is 0.839. The summed E-state index contributed by atoms with van der Waals surface area (Å²) in [7, 11) is 3.18. The molecule has 0 atom stereocenters. The van der Waals surface area contributed by atoms with Gasteiger partial charge >= 0.3 is 0 Å². The van der Waals surface area contributed by atoms with E-state index in [0.717, 1.165) is 36.0 Å². The molecule has 1 saturated heterocycles. The van der Waals surface area contributed by atoms with Gasteiger partial charge in [0.15, 0.2) is 11.5 Å². The van der Waals surface area contributed by atoms with E-state index in [1.807, 2.05) is 47.4 Å². The van der Waals surface area contributed by atoms with E-state index in [1.54, 1.807) is 14.2 Å². The van der Waals surface area contributed by atoms with Crippen molar-refractivity contribution in [2.45, 2.75) is 0 Å². The molecule has 1 aliphatic heterocycles. The number of benzene rings is 2. The molecular formula is C22H23N3O4. The van der Waals surface area contributed by atoms with Crippen LogP contribution in [0.3, 0.4) is 0 Å². The number of rotatable bonds is 5. The second kappa shape index (κ2) is 7.87. The molecule has 1 fully saturated rings. The molecule has 0 bridgehead atoms. The lowest BCUT2D eigenvalue weighted by atomic mass is 10.2. The van der Waals surface area contributed by atoms with Crippen molar-refractivity contribution in [3.05, 3.63) is 53.7 Å². The fraction of sp³-hybridized carbons (Fsp3) is 0.273.